The minimum absolute atomic E-state index is 0.224. The maximum absolute atomic E-state index is 8.61. The van der Waals surface area contributed by atoms with Crippen molar-refractivity contribution in [2.24, 2.45) is 16.3 Å². The molecule has 0 aromatic heterocycles. The van der Waals surface area contributed by atoms with Crippen LogP contribution < -0.4 is 11.1 Å². The van der Waals surface area contributed by atoms with Crippen molar-refractivity contribution in [1.29, 1.82) is 0 Å². The first kappa shape index (κ1) is 15.2. The number of amidine groups is 1. The number of nitrogens with two attached hydrogens (primary N) is 1. The summed E-state index contributed by atoms with van der Waals surface area (Å²) in [5, 5.41) is 15.0. The van der Waals surface area contributed by atoms with Gasteiger partial charge in [0, 0.05) is 18.5 Å². The lowest BCUT2D eigenvalue weighted by Crippen LogP contribution is -2.33. The van der Waals surface area contributed by atoms with Gasteiger partial charge in [0.1, 0.15) is 5.84 Å². The molecule has 5 nitrogen and oxygen atoms in total. The van der Waals surface area contributed by atoms with E-state index in [1.165, 1.54) is 0 Å². The molecule has 4 N–H and O–H groups in total. The Hall–Kier alpha value is -0.810. The number of nitrogens with zero attached hydrogens (tertiary/aromatic N) is 2. The second kappa shape index (κ2) is 7.46. The highest BCUT2D eigenvalue weighted by Crippen LogP contribution is 2.21. The molecule has 96 valence electrons. The quantitative estimate of drug-likeness (QED) is 0.189. The molecule has 0 fully saturated rings. The molecule has 0 amide bonds. The molecule has 0 aliphatic heterocycles. The summed E-state index contributed by atoms with van der Waals surface area (Å²) >= 11 is 0. The van der Waals surface area contributed by atoms with Gasteiger partial charge in [0.25, 0.3) is 0 Å². The van der Waals surface area contributed by atoms with Crippen molar-refractivity contribution in [2.45, 2.75) is 26.7 Å². The molecule has 0 aliphatic carbocycles. The van der Waals surface area contributed by atoms with Crippen LogP contribution in [0.1, 0.15) is 26.7 Å². The molecule has 0 bridgehead atoms. The van der Waals surface area contributed by atoms with Gasteiger partial charge < -0.3 is 21.2 Å². The molecule has 0 aromatic rings. The van der Waals surface area contributed by atoms with Crippen LogP contribution in [0.15, 0.2) is 5.16 Å². The van der Waals surface area contributed by atoms with Crippen molar-refractivity contribution in [3.05, 3.63) is 0 Å². The summed E-state index contributed by atoms with van der Waals surface area (Å²) in [5.41, 5.74) is 5.38. The van der Waals surface area contributed by atoms with Gasteiger partial charge in [0.15, 0.2) is 0 Å². The van der Waals surface area contributed by atoms with E-state index in [1.807, 2.05) is 13.8 Å². The molecule has 0 saturated carbocycles. The molecular weight excluding hydrogens is 204 g/mol. The maximum Gasteiger partial charge on any atom is 0.144 e. The Bertz CT molecular complexity index is 214. The van der Waals surface area contributed by atoms with Crippen LogP contribution in [-0.4, -0.2) is 49.7 Å². The SMILES string of the molecule is CN(C)CCNCCCC(C)(C)C(N)=NO. The Morgan fingerprint density at radius 3 is 2.50 bits per heavy atom. The van der Waals surface area contributed by atoms with Gasteiger partial charge in [-0.05, 0) is 33.5 Å². The molecule has 0 radical (unpaired) electrons. The second-order valence-corrected chi connectivity index (χ2v) is 5.03. The molecule has 0 atom stereocenters. The van der Waals surface area contributed by atoms with Gasteiger partial charge in [0.05, 0.1) is 0 Å². The van der Waals surface area contributed by atoms with E-state index in [0.717, 1.165) is 32.5 Å². The van der Waals surface area contributed by atoms with Gasteiger partial charge in [-0.25, -0.2) is 0 Å². The van der Waals surface area contributed by atoms with E-state index in [9.17, 15) is 0 Å². The standard InChI is InChI=1S/C11H26N4O/c1-11(2,10(12)14-16)6-5-7-13-8-9-15(3)4/h13,16H,5-9H2,1-4H3,(H2,12,14). The van der Waals surface area contributed by atoms with Crippen LogP contribution in [0.5, 0.6) is 0 Å². The number of rotatable bonds is 8. The number of nitrogens with one attached hydrogen (secondary N) is 1. The van der Waals surface area contributed by atoms with Crippen molar-refractivity contribution < 1.29 is 5.21 Å². The number of hydrogen-bond acceptors (Lipinski definition) is 4. The van der Waals surface area contributed by atoms with Crippen LogP contribution in [0.25, 0.3) is 0 Å². The Kier molecular flexibility index (Phi) is 7.08. The highest BCUT2D eigenvalue weighted by Gasteiger charge is 2.22. The minimum Gasteiger partial charge on any atom is -0.409 e. The van der Waals surface area contributed by atoms with Gasteiger partial charge >= 0.3 is 0 Å². The van der Waals surface area contributed by atoms with Gasteiger partial charge in [-0.15, -0.1) is 0 Å². The monoisotopic (exact) mass is 230 g/mol. The summed E-state index contributed by atoms with van der Waals surface area (Å²) in [5.74, 6) is 0.306. The van der Waals surface area contributed by atoms with E-state index in [2.05, 4.69) is 29.5 Å². The van der Waals surface area contributed by atoms with E-state index >= 15 is 0 Å². The first-order chi connectivity index (χ1) is 7.40. The van der Waals surface area contributed by atoms with Crippen LogP contribution in [0.4, 0.5) is 0 Å². The highest BCUT2D eigenvalue weighted by atomic mass is 16.4. The molecule has 0 aromatic carbocycles. The summed E-state index contributed by atoms with van der Waals surface area (Å²) in [6, 6.07) is 0. The molecule has 16 heavy (non-hydrogen) atoms. The molecule has 0 spiro atoms. The zero-order valence-corrected chi connectivity index (χ0v) is 11.0. The first-order valence-corrected chi connectivity index (χ1v) is 5.73. The van der Waals surface area contributed by atoms with Crippen molar-refractivity contribution in [3.8, 4) is 0 Å². The fourth-order valence-electron chi connectivity index (χ4n) is 1.35. The van der Waals surface area contributed by atoms with Crippen molar-refractivity contribution >= 4 is 5.84 Å². The third kappa shape index (κ3) is 6.63. The van der Waals surface area contributed by atoms with E-state index in [1.54, 1.807) is 0 Å². The second-order valence-electron chi connectivity index (χ2n) is 5.03. The van der Waals surface area contributed by atoms with Gasteiger partial charge in [-0.3, -0.25) is 0 Å². The summed E-state index contributed by atoms with van der Waals surface area (Å²) in [6.45, 7) is 6.99. The van der Waals surface area contributed by atoms with E-state index in [-0.39, 0.29) is 5.41 Å². The van der Waals surface area contributed by atoms with Crippen LogP contribution in [0, 0.1) is 5.41 Å². The molecule has 0 aliphatic rings. The zero-order valence-electron chi connectivity index (χ0n) is 11.0. The third-order valence-electron chi connectivity index (χ3n) is 2.69. The van der Waals surface area contributed by atoms with Crippen LogP contribution >= 0.6 is 0 Å². The van der Waals surface area contributed by atoms with Gasteiger partial charge in [0.2, 0.25) is 0 Å². The third-order valence-corrected chi connectivity index (χ3v) is 2.69. The van der Waals surface area contributed by atoms with E-state index in [4.69, 9.17) is 10.9 Å². The zero-order chi connectivity index (χ0) is 12.6. The first-order valence-electron chi connectivity index (χ1n) is 5.73. The Labute approximate surface area is 98.7 Å². The lowest BCUT2D eigenvalue weighted by Gasteiger charge is -2.22. The Balaban J connectivity index is 3.59. The summed E-state index contributed by atoms with van der Waals surface area (Å²) < 4.78 is 0. The smallest absolute Gasteiger partial charge is 0.144 e. The number of likely N-dealkylation sites (N-methyl/N-ethyl adjacent to an activating group) is 1. The van der Waals surface area contributed by atoms with E-state index in [0.29, 0.717) is 5.84 Å². The van der Waals surface area contributed by atoms with Crippen LogP contribution in [0.2, 0.25) is 0 Å². The van der Waals surface area contributed by atoms with Crippen LogP contribution in [0.3, 0.4) is 0 Å². The molecule has 0 saturated heterocycles. The summed E-state index contributed by atoms with van der Waals surface area (Å²) in [4.78, 5) is 2.15. The summed E-state index contributed by atoms with van der Waals surface area (Å²) in [6.07, 6.45) is 1.94. The lowest BCUT2D eigenvalue weighted by molar-refractivity contribution is 0.304. The Morgan fingerprint density at radius 1 is 1.38 bits per heavy atom. The fourth-order valence-corrected chi connectivity index (χ4v) is 1.35. The molecular formula is C11H26N4O. The summed E-state index contributed by atoms with van der Waals surface area (Å²) in [7, 11) is 4.12. The van der Waals surface area contributed by atoms with Gasteiger partial charge in [-0.2, -0.15) is 0 Å². The van der Waals surface area contributed by atoms with Crippen molar-refractivity contribution in [3.63, 3.8) is 0 Å². The molecule has 0 rings (SSSR count). The average molecular weight is 230 g/mol. The lowest BCUT2D eigenvalue weighted by atomic mass is 9.86. The van der Waals surface area contributed by atoms with Crippen molar-refractivity contribution in [1.82, 2.24) is 10.2 Å². The molecule has 5 heteroatoms. The van der Waals surface area contributed by atoms with Crippen molar-refractivity contribution in [2.75, 3.05) is 33.7 Å². The number of hydrogen-bond donors (Lipinski definition) is 3. The highest BCUT2D eigenvalue weighted by molar-refractivity contribution is 5.85. The molecule has 0 heterocycles. The molecule has 0 unspecified atom stereocenters. The normalized spacial score (nSPS) is 13.4. The van der Waals surface area contributed by atoms with Gasteiger partial charge in [-0.1, -0.05) is 19.0 Å². The minimum atomic E-state index is -0.224. The fraction of sp³-hybridized carbons (Fsp3) is 0.909. The predicted molar refractivity (Wildman–Crippen MR) is 67.8 cm³/mol. The Morgan fingerprint density at radius 2 is 2.00 bits per heavy atom. The van der Waals surface area contributed by atoms with E-state index < -0.39 is 0 Å². The maximum atomic E-state index is 8.61. The average Bonchev–Trinajstić information content (AvgIpc) is 2.21. The largest absolute Gasteiger partial charge is 0.409 e. The topological polar surface area (TPSA) is 73.9 Å². The number of oxime groups is 1. The van der Waals surface area contributed by atoms with Crippen LogP contribution in [-0.2, 0) is 0 Å². The predicted octanol–water partition coefficient (Wildman–Crippen LogP) is 0.690.